The van der Waals surface area contributed by atoms with Crippen LogP contribution >= 0.6 is 11.3 Å². The van der Waals surface area contributed by atoms with Gasteiger partial charge in [0.25, 0.3) is 0 Å². The lowest BCUT2D eigenvalue weighted by Crippen LogP contribution is -2.31. The number of hydrogen-bond donors (Lipinski definition) is 2. The molecule has 0 unspecified atom stereocenters. The molecule has 6 nitrogen and oxygen atoms in total. The monoisotopic (exact) mass is 307 g/mol. The van der Waals surface area contributed by atoms with Gasteiger partial charge in [-0.25, -0.2) is 4.98 Å². The Hall–Kier alpha value is -2.28. The molecule has 7 heteroatoms. The van der Waals surface area contributed by atoms with Gasteiger partial charge in [-0.2, -0.15) is 0 Å². The number of aromatic nitrogens is 1. The zero-order valence-corrected chi connectivity index (χ0v) is 12.9. The summed E-state index contributed by atoms with van der Waals surface area (Å²) in [6.07, 6.45) is 1.64. The molecule has 0 aliphatic rings. The summed E-state index contributed by atoms with van der Waals surface area (Å²) in [5.41, 5.74) is 0.722. The Morgan fingerprint density at radius 3 is 2.76 bits per heavy atom. The number of benzene rings is 1. The number of methoxy groups -OCH3 is 2. The van der Waals surface area contributed by atoms with Gasteiger partial charge in [-0.15, -0.1) is 11.3 Å². The molecule has 0 aliphatic carbocycles. The Bertz CT molecular complexity index is 602. The first-order valence-electron chi connectivity index (χ1n) is 6.33. The van der Waals surface area contributed by atoms with Crippen molar-refractivity contribution in [2.75, 3.05) is 24.9 Å². The number of anilines is 2. The van der Waals surface area contributed by atoms with Crippen LogP contribution in [0.5, 0.6) is 11.5 Å². The third-order valence-corrected chi connectivity index (χ3v) is 3.52. The second-order valence-electron chi connectivity index (χ2n) is 4.26. The molecule has 0 bridgehead atoms. The van der Waals surface area contributed by atoms with E-state index >= 15 is 0 Å². The second kappa shape index (κ2) is 6.94. The standard InChI is InChI=1S/C14H17N3O3S/c1-9(13(18)17-14-15-6-7-21-14)16-11-5-4-10(19-2)8-12(11)20-3/h4-9,16H,1-3H3,(H,15,17,18)/t9-/m1/s1. The smallest absolute Gasteiger partial charge is 0.248 e. The Morgan fingerprint density at radius 1 is 1.33 bits per heavy atom. The summed E-state index contributed by atoms with van der Waals surface area (Å²) in [4.78, 5) is 16.1. The fourth-order valence-corrected chi connectivity index (χ4v) is 2.25. The third kappa shape index (κ3) is 3.85. The molecule has 0 saturated carbocycles. The second-order valence-corrected chi connectivity index (χ2v) is 5.15. The number of rotatable bonds is 6. The lowest BCUT2D eigenvalue weighted by atomic mass is 10.2. The van der Waals surface area contributed by atoms with Crippen LogP contribution in [0.1, 0.15) is 6.92 Å². The predicted molar refractivity (Wildman–Crippen MR) is 83.4 cm³/mol. The van der Waals surface area contributed by atoms with Crippen LogP contribution in [-0.4, -0.2) is 31.2 Å². The van der Waals surface area contributed by atoms with Gasteiger partial charge in [0.2, 0.25) is 5.91 Å². The quantitative estimate of drug-likeness (QED) is 0.858. The van der Waals surface area contributed by atoms with Crippen molar-refractivity contribution in [1.29, 1.82) is 0 Å². The van der Waals surface area contributed by atoms with E-state index in [1.165, 1.54) is 11.3 Å². The molecule has 0 aliphatic heterocycles. The highest BCUT2D eigenvalue weighted by Gasteiger charge is 2.16. The van der Waals surface area contributed by atoms with Crippen molar-refractivity contribution in [2.45, 2.75) is 13.0 Å². The molecule has 1 aromatic carbocycles. The molecule has 2 rings (SSSR count). The first-order valence-corrected chi connectivity index (χ1v) is 7.21. The van der Waals surface area contributed by atoms with Crippen molar-refractivity contribution >= 4 is 28.1 Å². The van der Waals surface area contributed by atoms with Gasteiger partial charge in [-0.1, -0.05) is 0 Å². The van der Waals surface area contributed by atoms with Crippen molar-refractivity contribution < 1.29 is 14.3 Å². The summed E-state index contributed by atoms with van der Waals surface area (Å²) >= 11 is 1.38. The Balaban J connectivity index is 2.04. The minimum atomic E-state index is -0.434. The molecule has 2 aromatic rings. The van der Waals surface area contributed by atoms with Crippen LogP contribution in [0.3, 0.4) is 0 Å². The van der Waals surface area contributed by atoms with Crippen molar-refractivity contribution in [2.24, 2.45) is 0 Å². The molecule has 112 valence electrons. The molecule has 0 radical (unpaired) electrons. The summed E-state index contributed by atoms with van der Waals surface area (Å²) in [5.74, 6) is 1.14. The van der Waals surface area contributed by atoms with Gasteiger partial charge in [0.1, 0.15) is 17.5 Å². The topological polar surface area (TPSA) is 72.5 Å². The average molecular weight is 307 g/mol. The average Bonchev–Trinajstić information content (AvgIpc) is 3.00. The Labute approximate surface area is 127 Å². The van der Waals surface area contributed by atoms with E-state index in [0.29, 0.717) is 16.6 Å². The van der Waals surface area contributed by atoms with Crippen molar-refractivity contribution in [1.82, 2.24) is 4.98 Å². The highest BCUT2D eigenvalue weighted by molar-refractivity contribution is 7.13. The number of hydrogen-bond acceptors (Lipinski definition) is 6. The van der Waals surface area contributed by atoms with E-state index in [2.05, 4.69) is 15.6 Å². The first kappa shape index (κ1) is 15.1. The predicted octanol–water partition coefficient (Wildman–Crippen LogP) is 2.60. The van der Waals surface area contributed by atoms with Gasteiger partial charge >= 0.3 is 0 Å². The highest BCUT2D eigenvalue weighted by atomic mass is 32.1. The largest absolute Gasteiger partial charge is 0.497 e. The van der Waals surface area contributed by atoms with E-state index < -0.39 is 6.04 Å². The SMILES string of the molecule is COc1ccc(N[C@H](C)C(=O)Nc2nccs2)c(OC)c1. The van der Waals surface area contributed by atoms with E-state index in [1.807, 2.05) is 6.07 Å². The molecular formula is C14H17N3O3S. The number of carbonyl (C=O) groups is 1. The maximum absolute atomic E-state index is 12.1. The molecular weight excluding hydrogens is 290 g/mol. The molecule has 0 spiro atoms. The summed E-state index contributed by atoms with van der Waals surface area (Å²) in [6, 6.07) is 4.94. The van der Waals surface area contributed by atoms with Crippen molar-refractivity contribution in [3.05, 3.63) is 29.8 Å². The van der Waals surface area contributed by atoms with E-state index in [0.717, 1.165) is 5.69 Å². The molecule has 0 fully saturated rings. The highest BCUT2D eigenvalue weighted by Crippen LogP contribution is 2.29. The van der Waals surface area contributed by atoms with Crippen LogP contribution in [0.4, 0.5) is 10.8 Å². The Morgan fingerprint density at radius 2 is 2.14 bits per heavy atom. The molecule has 1 aromatic heterocycles. The number of nitrogens with one attached hydrogen (secondary N) is 2. The number of amides is 1. The fourth-order valence-electron chi connectivity index (χ4n) is 1.72. The van der Waals surface area contributed by atoms with Gasteiger partial charge in [0.15, 0.2) is 5.13 Å². The van der Waals surface area contributed by atoms with E-state index in [-0.39, 0.29) is 5.91 Å². The van der Waals surface area contributed by atoms with Crippen LogP contribution in [-0.2, 0) is 4.79 Å². The van der Waals surface area contributed by atoms with Gasteiger partial charge < -0.3 is 20.1 Å². The Kier molecular flexibility index (Phi) is 4.99. The van der Waals surface area contributed by atoms with Crippen LogP contribution < -0.4 is 20.1 Å². The minimum absolute atomic E-state index is 0.164. The van der Waals surface area contributed by atoms with Gasteiger partial charge in [0, 0.05) is 17.6 Å². The molecule has 0 saturated heterocycles. The number of nitrogens with zero attached hydrogens (tertiary/aromatic N) is 1. The molecule has 1 amide bonds. The minimum Gasteiger partial charge on any atom is -0.497 e. The molecule has 1 heterocycles. The van der Waals surface area contributed by atoms with Crippen molar-refractivity contribution in [3.8, 4) is 11.5 Å². The normalized spacial score (nSPS) is 11.6. The number of carbonyl (C=O) groups excluding carboxylic acids is 1. The van der Waals surface area contributed by atoms with Crippen LogP contribution in [0.25, 0.3) is 0 Å². The first-order chi connectivity index (χ1) is 10.1. The number of thiazole rings is 1. The lowest BCUT2D eigenvalue weighted by Gasteiger charge is -2.17. The van der Waals surface area contributed by atoms with Crippen LogP contribution in [0.15, 0.2) is 29.8 Å². The lowest BCUT2D eigenvalue weighted by molar-refractivity contribution is -0.116. The van der Waals surface area contributed by atoms with Crippen LogP contribution in [0.2, 0.25) is 0 Å². The summed E-state index contributed by atoms with van der Waals surface area (Å²) < 4.78 is 10.4. The number of ether oxygens (including phenoxy) is 2. The van der Waals surface area contributed by atoms with Gasteiger partial charge in [0.05, 0.1) is 19.9 Å². The maximum atomic E-state index is 12.1. The van der Waals surface area contributed by atoms with E-state index in [4.69, 9.17) is 9.47 Å². The fraction of sp³-hybridized carbons (Fsp3) is 0.286. The molecule has 21 heavy (non-hydrogen) atoms. The zero-order valence-electron chi connectivity index (χ0n) is 12.0. The maximum Gasteiger partial charge on any atom is 0.248 e. The van der Waals surface area contributed by atoms with Gasteiger partial charge in [-0.05, 0) is 19.1 Å². The molecule has 2 N–H and O–H groups in total. The zero-order chi connectivity index (χ0) is 15.2. The molecule has 1 atom stereocenters. The van der Waals surface area contributed by atoms with Crippen LogP contribution in [0, 0.1) is 0 Å². The van der Waals surface area contributed by atoms with E-state index in [9.17, 15) is 4.79 Å². The van der Waals surface area contributed by atoms with Gasteiger partial charge in [-0.3, -0.25) is 4.79 Å². The summed E-state index contributed by atoms with van der Waals surface area (Å²) in [5, 5.41) is 8.24. The van der Waals surface area contributed by atoms with Crippen molar-refractivity contribution in [3.63, 3.8) is 0 Å². The summed E-state index contributed by atoms with van der Waals surface area (Å²) in [7, 11) is 3.16. The van der Waals surface area contributed by atoms with E-state index in [1.54, 1.807) is 44.9 Å². The summed E-state index contributed by atoms with van der Waals surface area (Å²) in [6.45, 7) is 1.77. The third-order valence-electron chi connectivity index (χ3n) is 2.84.